The van der Waals surface area contributed by atoms with Crippen LogP contribution in [-0.2, 0) is 11.3 Å². The summed E-state index contributed by atoms with van der Waals surface area (Å²) in [7, 11) is 0. The Bertz CT molecular complexity index is 739. The lowest BCUT2D eigenvalue weighted by molar-refractivity contribution is -0.121. The molecule has 0 saturated carbocycles. The fraction of sp³-hybridized carbons (Fsp3) is 0.158. The second-order valence-corrected chi connectivity index (χ2v) is 5.41. The number of carbonyl (C=O) groups is 1. The number of nitrogens with zero attached hydrogens (tertiary/aromatic N) is 3. The van der Waals surface area contributed by atoms with Crippen molar-refractivity contribution in [1.82, 2.24) is 9.78 Å². The second-order valence-electron chi connectivity index (χ2n) is 5.41. The third kappa shape index (κ3) is 3.48. The predicted octanol–water partition coefficient (Wildman–Crippen LogP) is 3.68. The van der Waals surface area contributed by atoms with Crippen molar-refractivity contribution < 1.29 is 4.79 Å². The molecule has 1 heterocycles. The monoisotopic (exact) mass is 305 g/mol. The molecule has 1 amide bonds. The SMILES string of the molecule is CC(C(=O)N(Cc1ccccc1)c1ccccc1)n1cccn1. The molecule has 0 aliphatic rings. The molecule has 0 radical (unpaired) electrons. The molecule has 4 nitrogen and oxygen atoms in total. The fourth-order valence-electron chi connectivity index (χ4n) is 2.52. The first-order valence-corrected chi connectivity index (χ1v) is 7.65. The van der Waals surface area contributed by atoms with Gasteiger partial charge in [-0.25, -0.2) is 0 Å². The predicted molar refractivity (Wildman–Crippen MR) is 91.0 cm³/mol. The first-order chi connectivity index (χ1) is 11.3. The van der Waals surface area contributed by atoms with Gasteiger partial charge in [-0.3, -0.25) is 9.48 Å². The van der Waals surface area contributed by atoms with E-state index in [2.05, 4.69) is 5.10 Å². The van der Waals surface area contributed by atoms with Crippen molar-refractivity contribution in [3.05, 3.63) is 84.7 Å². The summed E-state index contributed by atoms with van der Waals surface area (Å²) in [6.45, 7) is 2.41. The Morgan fingerprint density at radius 1 is 1.04 bits per heavy atom. The molecule has 0 fully saturated rings. The van der Waals surface area contributed by atoms with Crippen LogP contribution in [0.4, 0.5) is 5.69 Å². The maximum absolute atomic E-state index is 13.0. The van der Waals surface area contributed by atoms with Crippen molar-refractivity contribution in [1.29, 1.82) is 0 Å². The minimum atomic E-state index is -0.353. The molecule has 23 heavy (non-hydrogen) atoms. The topological polar surface area (TPSA) is 38.1 Å². The number of carbonyl (C=O) groups excluding carboxylic acids is 1. The van der Waals surface area contributed by atoms with Gasteiger partial charge in [0.1, 0.15) is 6.04 Å². The van der Waals surface area contributed by atoms with Gasteiger partial charge in [-0.15, -0.1) is 0 Å². The van der Waals surface area contributed by atoms with Gasteiger partial charge in [-0.2, -0.15) is 5.10 Å². The van der Waals surface area contributed by atoms with E-state index in [-0.39, 0.29) is 11.9 Å². The minimum absolute atomic E-state index is 0.0174. The molecule has 0 aliphatic heterocycles. The Labute approximate surface area is 136 Å². The normalized spacial score (nSPS) is 11.9. The smallest absolute Gasteiger partial charge is 0.251 e. The standard InChI is InChI=1S/C19H19N3O/c1-16(22-14-8-13-20-22)19(23)21(18-11-6-3-7-12-18)15-17-9-4-2-5-10-17/h2-14,16H,15H2,1H3. The first kappa shape index (κ1) is 15.0. The van der Waals surface area contributed by atoms with E-state index in [0.29, 0.717) is 6.54 Å². The van der Waals surface area contributed by atoms with Crippen LogP contribution in [0.25, 0.3) is 0 Å². The molecule has 0 spiro atoms. The molecule has 116 valence electrons. The van der Waals surface area contributed by atoms with Crippen LogP contribution in [0.1, 0.15) is 18.5 Å². The molecular weight excluding hydrogens is 286 g/mol. The summed E-state index contributed by atoms with van der Waals surface area (Å²) in [5.74, 6) is 0.0174. The average molecular weight is 305 g/mol. The molecule has 4 heteroatoms. The summed E-state index contributed by atoms with van der Waals surface area (Å²) in [6, 6.07) is 21.2. The Kier molecular flexibility index (Phi) is 4.52. The molecule has 3 aromatic rings. The van der Waals surface area contributed by atoms with E-state index in [1.165, 1.54) is 0 Å². The highest BCUT2D eigenvalue weighted by atomic mass is 16.2. The average Bonchev–Trinajstić information content (AvgIpc) is 3.15. The first-order valence-electron chi connectivity index (χ1n) is 7.65. The van der Waals surface area contributed by atoms with E-state index >= 15 is 0 Å². The molecule has 0 saturated heterocycles. The highest BCUT2D eigenvalue weighted by Gasteiger charge is 2.23. The molecule has 0 aliphatic carbocycles. The van der Waals surface area contributed by atoms with Crippen LogP contribution in [0.2, 0.25) is 0 Å². The van der Waals surface area contributed by atoms with E-state index in [9.17, 15) is 4.79 Å². The van der Waals surface area contributed by atoms with Gasteiger partial charge in [0.05, 0.1) is 6.54 Å². The van der Waals surface area contributed by atoms with Crippen LogP contribution in [0.15, 0.2) is 79.1 Å². The summed E-state index contributed by atoms with van der Waals surface area (Å²) >= 11 is 0. The van der Waals surface area contributed by atoms with Crippen molar-refractivity contribution in [3.63, 3.8) is 0 Å². The van der Waals surface area contributed by atoms with Crippen LogP contribution < -0.4 is 4.90 Å². The third-order valence-electron chi connectivity index (χ3n) is 3.80. The van der Waals surface area contributed by atoms with E-state index < -0.39 is 0 Å². The Balaban J connectivity index is 1.90. The van der Waals surface area contributed by atoms with Crippen LogP contribution in [0.5, 0.6) is 0 Å². The van der Waals surface area contributed by atoms with E-state index in [0.717, 1.165) is 11.3 Å². The van der Waals surface area contributed by atoms with Crippen molar-refractivity contribution >= 4 is 11.6 Å². The number of hydrogen-bond acceptors (Lipinski definition) is 2. The van der Waals surface area contributed by atoms with Gasteiger partial charge in [0.15, 0.2) is 0 Å². The van der Waals surface area contributed by atoms with Gasteiger partial charge in [-0.1, -0.05) is 48.5 Å². The van der Waals surface area contributed by atoms with Crippen molar-refractivity contribution in [2.24, 2.45) is 0 Å². The number of anilines is 1. The number of benzene rings is 2. The largest absolute Gasteiger partial charge is 0.306 e. The summed E-state index contributed by atoms with van der Waals surface area (Å²) < 4.78 is 1.68. The number of amides is 1. The van der Waals surface area contributed by atoms with Gasteiger partial charge < -0.3 is 4.90 Å². The van der Waals surface area contributed by atoms with E-state index in [1.807, 2.05) is 84.8 Å². The summed E-state index contributed by atoms with van der Waals surface area (Å²) in [6.07, 6.45) is 3.50. The molecule has 0 N–H and O–H groups in total. The Hall–Kier alpha value is -2.88. The molecule has 2 aromatic carbocycles. The van der Waals surface area contributed by atoms with E-state index in [1.54, 1.807) is 10.9 Å². The fourth-order valence-corrected chi connectivity index (χ4v) is 2.52. The molecule has 0 bridgehead atoms. The van der Waals surface area contributed by atoms with Gasteiger partial charge in [0.25, 0.3) is 5.91 Å². The van der Waals surface area contributed by atoms with Crippen LogP contribution in [0, 0.1) is 0 Å². The highest BCUT2D eigenvalue weighted by Crippen LogP contribution is 2.21. The maximum atomic E-state index is 13.0. The lowest BCUT2D eigenvalue weighted by Crippen LogP contribution is -2.36. The van der Waals surface area contributed by atoms with E-state index in [4.69, 9.17) is 0 Å². The van der Waals surface area contributed by atoms with Gasteiger partial charge in [0, 0.05) is 18.1 Å². The maximum Gasteiger partial charge on any atom is 0.251 e. The Morgan fingerprint density at radius 2 is 1.70 bits per heavy atom. The summed E-state index contributed by atoms with van der Waals surface area (Å²) in [5, 5.41) is 4.19. The molecule has 1 unspecified atom stereocenters. The highest BCUT2D eigenvalue weighted by molar-refractivity contribution is 5.95. The van der Waals surface area contributed by atoms with Crippen LogP contribution in [-0.4, -0.2) is 15.7 Å². The van der Waals surface area contributed by atoms with Crippen molar-refractivity contribution in [3.8, 4) is 0 Å². The molecule has 3 rings (SSSR count). The van der Waals surface area contributed by atoms with Crippen LogP contribution >= 0.6 is 0 Å². The molecule has 1 atom stereocenters. The molecule has 1 aromatic heterocycles. The van der Waals surface area contributed by atoms with Crippen LogP contribution in [0.3, 0.4) is 0 Å². The quantitative estimate of drug-likeness (QED) is 0.721. The zero-order valence-corrected chi connectivity index (χ0v) is 13.0. The minimum Gasteiger partial charge on any atom is -0.306 e. The number of rotatable bonds is 5. The summed E-state index contributed by atoms with van der Waals surface area (Å²) in [5.41, 5.74) is 1.98. The summed E-state index contributed by atoms with van der Waals surface area (Å²) in [4.78, 5) is 14.8. The zero-order chi connectivity index (χ0) is 16.1. The van der Waals surface area contributed by atoms with Crippen molar-refractivity contribution in [2.75, 3.05) is 4.90 Å². The van der Waals surface area contributed by atoms with Gasteiger partial charge >= 0.3 is 0 Å². The zero-order valence-electron chi connectivity index (χ0n) is 13.0. The second kappa shape index (κ2) is 6.92. The number of hydrogen-bond donors (Lipinski definition) is 0. The van der Waals surface area contributed by atoms with Gasteiger partial charge in [-0.05, 0) is 30.7 Å². The number of aromatic nitrogens is 2. The number of para-hydroxylation sites is 1. The van der Waals surface area contributed by atoms with Crippen molar-refractivity contribution in [2.45, 2.75) is 19.5 Å². The lowest BCUT2D eigenvalue weighted by Gasteiger charge is -2.26. The third-order valence-corrected chi connectivity index (χ3v) is 3.80. The Morgan fingerprint density at radius 3 is 2.30 bits per heavy atom. The molecular formula is C19H19N3O. The lowest BCUT2D eigenvalue weighted by atomic mass is 10.1. The van der Waals surface area contributed by atoms with Gasteiger partial charge in [0.2, 0.25) is 0 Å².